The maximum absolute atomic E-state index is 12.2. The first-order valence-corrected chi connectivity index (χ1v) is 7.90. The number of Topliss-reactive ketones (excluding diaryl/α,β-unsaturated/α-hetero) is 1. The Kier molecular flexibility index (Phi) is 6.40. The van der Waals surface area contributed by atoms with Gasteiger partial charge in [0, 0.05) is 24.9 Å². The number of hydrogen-bond donors (Lipinski definition) is 1. The summed E-state index contributed by atoms with van der Waals surface area (Å²) in [6.45, 7) is 2.57. The fourth-order valence-electron chi connectivity index (χ4n) is 2.30. The van der Waals surface area contributed by atoms with Crippen molar-refractivity contribution in [3.63, 3.8) is 0 Å². The van der Waals surface area contributed by atoms with Crippen molar-refractivity contribution in [2.45, 2.75) is 19.3 Å². The van der Waals surface area contributed by atoms with Crippen molar-refractivity contribution in [3.8, 4) is 11.5 Å². The predicted octanol–water partition coefficient (Wildman–Crippen LogP) is 1.49. The smallest absolute Gasteiger partial charge is 0.220 e. The average Bonchev–Trinajstić information content (AvgIpc) is 2.56. The molecule has 1 aromatic carbocycles. The van der Waals surface area contributed by atoms with Crippen LogP contribution in [0.2, 0.25) is 0 Å². The Bertz CT molecular complexity index is 558. The number of hydrogen-bond acceptors (Lipinski definition) is 5. The van der Waals surface area contributed by atoms with Gasteiger partial charge in [0.2, 0.25) is 5.91 Å². The molecule has 1 aromatic rings. The molecular formula is C17H24N2O4. The fraction of sp³-hybridized carbons (Fsp3) is 0.529. The monoisotopic (exact) mass is 320 g/mol. The third kappa shape index (κ3) is 5.56. The van der Waals surface area contributed by atoms with Crippen molar-refractivity contribution < 1.29 is 19.1 Å². The van der Waals surface area contributed by atoms with Gasteiger partial charge in [-0.3, -0.25) is 9.59 Å². The first-order valence-electron chi connectivity index (χ1n) is 7.90. The Morgan fingerprint density at radius 1 is 1.13 bits per heavy atom. The number of benzene rings is 1. The van der Waals surface area contributed by atoms with Gasteiger partial charge in [0.25, 0.3) is 0 Å². The summed E-state index contributed by atoms with van der Waals surface area (Å²) in [7, 11) is 3.99. The van der Waals surface area contributed by atoms with E-state index in [1.54, 1.807) is 18.2 Å². The van der Waals surface area contributed by atoms with Gasteiger partial charge >= 0.3 is 0 Å². The van der Waals surface area contributed by atoms with Crippen molar-refractivity contribution in [1.82, 2.24) is 10.2 Å². The van der Waals surface area contributed by atoms with Gasteiger partial charge < -0.3 is 19.7 Å². The lowest BCUT2D eigenvalue weighted by Gasteiger charge is -2.18. The zero-order chi connectivity index (χ0) is 16.7. The molecule has 0 spiro atoms. The number of amides is 1. The van der Waals surface area contributed by atoms with Gasteiger partial charge in [0.05, 0.1) is 0 Å². The van der Waals surface area contributed by atoms with Crippen LogP contribution in [0.5, 0.6) is 11.5 Å². The van der Waals surface area contributed by atoms with E-state index < -0.39 is 0 Å². The third-order valence-electron chi connectivity index (χ3n) is 3.55. The quantitative estimate of drug-likeness (QED) is 0.580. The molecule has 0 atom stereocenters. The SMILES string of the molecule is CN(C)CCCNC(=O)CCC(=O)c1ccc2c(c1)OCCO2. The van der Waals surface area contributed by atoms with Crippen molar-refractivity contribution in [2.24, 2.45) is 0 Å². The molecule has 0 fully saturated rings. The van der Waals surface area contributed by atoms with E-state index in [-0.39, 0.29) is 24.5 Å². The minimum atomic E-state index is -0.0883. The number of carbonyl (C=O) groups excluding carboxylic acids is 2. The molecule has 0 bridgehead atoms. The third-order valence-corrected chi connectivity index (χ3v) is 3.55. The molecule has 1 N–H and O–H groups in total. The van der Waals surface area contributed by atoms with E-state index in [9.17, 15) is 9.59 Å². The number of nitrogens with zero attached hydrogens (tertiary/aromatic N) is 1. The van der Waals surface area contributed by atoms with Crippen molar-refractivity contribution in [3.05, 3.63) is 23.8 Å². The van der Waals surface area contributed by atoms with E-state index in [1.807, 2.05) is 14.1 Å². The highest BCUT2D eigenvalue weighted by Gasteiger charge is 2.15. The van der Waals surface area contributed by atoms with Gasteiger partial charge in [-0.25, -0.2) is 0 Å². The summed E-state index contributed by atoms with van der Waals surface area (Å²) in [6.07, 6.45) is 1.29. The number of rotatable bonds is 8. The molecule has 0 saturated heterocycles. The average molecular weight is 320 g/mol. The van der Waals surface area contributed by atoms with E-state index in [0.717, 1.165) is 13.0 Å². The molecule has 0 radical (unpaired) electrons. The molecule has 23 heavy (non-hydrogen) atoms. The van der Waals surface area contributed by atoms with Crippen LogP contribution in [-0.2, 0) is 4.79 Å². The van der Waals surface area contributed by atoms with E-state index in [4.69, 9.17) is 9.47 Å². The molecule has 1 heterocycles. The molecule has 1 amide bonds. The van der Waals surface area contributed by atoms with Crippen LogP contribution in [0, 0.1) is 0 Å². The Labute approximate surface area is 136 Å². The zero-order valence-electron chi connectivity index (χ0n) is 13.8. The topological polar surface area (TPSA) is 67.9 Å². The first kappa shape index (κ1) is 17.3. The first-order chi connectivity index (χ1) is 11.1. The summed E-state index contributed by atoms with van der Waals surface area (Å²) in [5, 5.41) is 2.83. The molecule has 1 aliphatic heterocycles. The lowest BCUT2D eigenvalue weighted by molar-refractivity contribution is -0.121. The Balaban J connectivity index is 1.75. The molecule has 0 saturated carbocycles. The van der Waals surface area contributed by atoms with E-state index in [0.29, 0.717) is 36.8 Å². The predicted molar refractivity (Wildman–Crippen MR) is 87.2 cm³/mol. The Morgan fingerprint density at radius 3 is 2.61 bits per heavy atom. The Morgan fingerprint density at radius 2 is 1.87 bits per heavy atom. The molecule has 1 aliphatic rings. The number of carbonyl (C=O) groups is 2. The normalized spacial score (nSPS) is 13.0. The van der Waals surface area contributed by atoms with Gasteiger partial charge in [-0.1, -0.05) is 0 Å². The zero-order valence-corrected chi connectivity index (χ0v) is 13.8. The fourth-order valence-corrected chi connectivity index (χ4v) is 2.30. The maximum atomic E-state index is 12.2. The highest BCUT2D eigenvalue weighted by atomic mass is 16.6. The second-order valence-electron chi connectivity index (χ2n) is 5.79. The molecule has 2 rings (SSSR count). The number of ether oxygens (including phenoxy) is 2. The molecule has 0 aromatic heterocycles. The van der Waals surface area contributed by atoms with Crippen LogP contribution >= 0.6 is 0 Å². The molecule has 6 nitrogen and oxygen atoms in total. The number of ketones is 1. The van der Waals surface area contributed by atoms with Crippen LogP contribution < -0.4 is 14.8 Å². The lowest BCUT2D eigenvalue weighted by atomic mass is 10.1. The summed E-state index contributed by atoms with van der Waals surface area (Å²) in [5.41, 5.74) is 0.551. The number of nitrogens with one attached hydrogen (secondary N) is 1. The molecule has 0 unspecified atom stereocenters. The van der Waals surface area contributed by atoms with Crippen molar-refractivity contribution in [2.75, 3.05) is 40.4 Å². The summed E-state index contributed by atoms with van der Waals surface area (Å²) in [5.74, 6) is 1.10. The van der Waals surface area contributed by atoms with Crippen LogP contribution in [-0.4, -0.2) is 57.0 Å². The highest BCUT2D eigenvalue weighted by molar-refractivity contribution is 5.98. The van der Waals surface area contributed by atoms with Crippen LogP contribution in [0.3, 0.4) is 0 Å². The minimum Gasteiger partial charge on any atom is -0.486 e. The van der Waals surface area contributed by atoms with Gasteiger partial charge in [0.1, 0.15) is 13.2 Å². The second-order valence-corrected chi connectivity index (χ2v) is 5.79. The van der Waals surface area contributed by atoms with Crippen molar-refractivity contribution >= 4 is 11.7 Å². The standard InChI is InChI=1S/C17H24N2O4/c1-19(2)9-3-8-18-17(21)7-5-14(20)13-4-6-15-16(12-13)23-11-10-22-15/h4,6,12H,3,5,7-11H2,1-2H3,(H,18,21). The molecular weight excluding hydrogens is 296 g/mol. The van der Waals surface area contributed by atoms with Crippen LogP contribution in [0.25, 0.3) is 0 Å². The van der Waals surface area contributed by atoms with E-state index in [2.05, 4.69) is 10.2 Å². The largest absolute Gasteiger partial charge is 0.486 e. The van der Waals surface area contributed by atoms with Crippen molar-refractivity contribution in [1.29, 1.82) is 0 Å². The van der Waals surface area contributed by atoms with E-state index in [1.165, 1.54) is 0 Å². The van der Waals surface area contributed by atoms with Gasteiger partial charge in [-0.2, -0.15) is 0 Å². The van der Waals surface area contributed by atoms with Gasteiger partial charge in [0.15, 0.2) is 17.3 Å². The molecule has 126 valence electrons. The molecule has 0 aliphatic carbocycles. The maximum Gasteiger partial charge on any atom is 0.220 e. The molecule has 6 heteroatoms. The Hall–Kier alpha value is -2.08. The van der Waals surface area contributed by atoms with Crippen LogP contribution in [0.15, 0.2) is 18.2 Å². The van der Waals surface area contributed by atoms with Gasteiger partial charge in [-0.05, 0) is 45.3 Å². The summed E-state index contributed by atoms with van der Waals surface area (Å²) in [6, 6.07) is 5.14. The van der Waals surface area contributed by atoms with Gasteiger partial charge in [-0.15, -0.1) is 0 Å². The number of fused-ring (bicyclic) bond motifs is 1. The second kappa shape index (κ2) is 8.53. The van der Waals surface area contributed by atoms with Crippen LogP contribution in [0.4, 0.5) is 0 Å². The van der Waals surface area contributed by atoms with E-state index >= 15 is 0 Å². The van der Waals surface area contributed by atoms with Crippen LogP contribution in [0.1, 0.15) is 29.6 Å². The minimum absolute atomic E-state index is 0.0644. The summed E-state index contributed by atoms with van der Waals surface area (Å²) in [4.78, 5) is 26.0. The highest BCUT2D eigenvalue weighted by Crippen LogP contribution is 2.31. The lowest BCUT2D eigenvalue weighted by Crippen LogP contribution is -2.27. The summed E-state index contributed by atoms with van der Waals surface area (Å²) < 4.78 is 10.9. The summed E-state index contributed by atoms with van der Waals surface area (Å²) >= 11 is 0.